The molecule has 0 aliphatic carbocycles. The van der Waals surface area contributed by atoms with E-state index in [0.29, 0.717) is 23.5 Å². The minimum Gasteiger partial charge on any atom is -0.489 e. The van der Waals surface area contributed by atoms with Gasteiger partial charge in [0.25, 0.3) is 5.91 Å². The number of pyridine rings is 1. The van der Waals surface area contributed by atoms with Gasteiger partial charge in [0, 0.05) is 22.9 Å². The van der Waals surface area contributed by atoms with Crippen LogP contribution >= 0.6 is 9.24 Å². The molecule has 0 aliphatic heterocycles. The first-order valence-corrected chi connectivity index (χ1v) is 9.57. The molecule has 6 nitrogen and oxygen atoms in total. The monoisotopic (exact) mass is 407 g/mol. The molecule has 1 heterocycles. The number of rotatable bonds is 6. The fourth-order valence-corrected chi connectivity index (χ4v) is 3.46. The number of Topliss-reactive ketones (excluding diaryl/α,β-unsaturated/α-hetero) is 1. The molecule has 3 rings (SSSR count). The van der Waals surface area contributed by atoms with Crippen LogP contribution in [-0.4, -0.2) is 16.7 Å². The number of aryl methyl sites for hydroxylation is 1. The second-order valence-electron chi connectivity index (χ2n) is 6.65. The predicted molar refractivity (Wildman–Crippen MR) is 116 cm³/mol. The summed E-state index contributed by atoms with van der Waals surface area (Å²) in [6.07, 6.45) is 1.73. The molecule has 1 amide bonds. The molecule has 1 unspecified atom stereocenters. The van der Waals surface area contributed by atoms with Gasteiger partial charge in [-0.15, -0.1) is 9.24 Å². The summed E-state index contributed by atoms with van der Waals surface area (Å²) in [5.74, 6) is 5.59. The number of aromatic nitrogens is 1. The molecule has 29 heavy (non-hydrogen) atoms. The van der Waals surface area contributed by atoms with Crippen LogP contribution in [-0.2, 0) is 6.61 Å². The van der Waals surface area contributed by atoms with E-state index in [4.69, 9.17) is 10.6 Å². The van der Waals surface area contributed by atoms with Gasteiger partial charge in [0.2, 0.25) is 0 Å². The smallest absolute Gasteiger partial charge is 0.265 e. The maximum atomic E-state index is 11.7. The van der Waals surface area contributed by atoms with Crippen LogP contribution in [0.25, 0.3) is 11.3 Å². The van der Waals surface area contributed by atoms with Crippen LogP contribution in [0.5, 0.6) is 5.75 Å². The third-order valence-corrected chi connectivity index (χ3v) is 5.01. The second kappa shape index (κ2) is 8.95. The van der Waals surface area contributed by atoms with E-state index in [9.17, 15) is 9.59 Å². The Kier molecular flexibility index (Phi) is 6.37. The van der Waals surface area contributed by atoms with Crippen LogP contribution in [0, 0.1) is 6.92 Å². The number of hydrogen-bond acceptors (Lipinski definition) is 5. The summed E-state index contributed by atoms with van der Waals surface area (Å²) in [7, 11) is 2.56. The fourth-order valence-electron chi connectivity index (χ4n) is 3.00. The summed E-state index contributed by atoms with van der Waals surface area (Å²) in [5.41, 5.74) is 6.79. The molecule has 0 fully saturated rings. The zero-order valence-electron chi connectivity index (χ0n) is 16.2. The Bertz CT molecular complexity index is 1080. The van der Waals surface area contributed by atoms with Crippen molar-refractivity contribution in [3.05, 3.63) is 77.0 Å². The average Bonchev–Trinajstić information content (AvgIpc) is 2.71. The fraction of sp³-hybridized carbons (Fsp3) is 0.136. The number of hydrogen-bond donors (Lipinski definition) is 2. The third kappa shape index (κ3) is 4.86. The van der Waals surface area contributed by atoms with Crippen molar-refractivity contribution in [2.24, 2.45) is 5.84 Å². The number of nitrogens with two attached hydrogens (primary N) is 1. The molecule has 0 aliphatic rings. The molecule has 0 saturated heterocycles. The number of nitrogens with one attached hydrogen (secondary N) is 1. The highest BCUT2D eigenvalue weighted by Gasteiger charge is 2.10. The number of carbonyl (C=O) groups excluding carboxylic acids is 2. The summed E-state index contributed by atoms with van der Waals surface area (Å²) >= 11 is 0. The van der Waals surface area contributed by atoms with Crippen LogP contribution in [0.15, 0.2) is 54.7 Å². The van der Waals surface area contributed by atoms with Crippen molar-refractivity contribution in [2.45, 2.75) is 20.5 Å². The van der Waals surface area contributed by atoms with Crippen molar-refractivity contribution >= 4 is 26.2 Å². The van der Waals surface area contributed by atoms with Crippen molar-refractivity contribution in [3.63, 3.8) is 0 Å². The topological polar surface area (TPSA) is 94.3 Å². The van der Waals surface area contributed by atoms with Gasteiger partial charge in [0.05, 0.1) is 5.69 Å². The summed E-state index contributed by atoms with van der Waals surface area (Å²) in [6, 6.07) is 14.7. The van der Waals surface area contributed by atoms with Gasteiger partial charge in [-0.3, -0.25) is 20.0 Å². The lowest BCUT2D eigenvalue weighted by Gasteiger charge is -2.11. The number of nitrogen functional groups attached to an aromatic ring is 1. The van der Waals surface area contributed by atoms with E-state index in [2.05, 4.69) is 19.6 Å². The normalized spacial score (nSPS) is 10.5. The number of amides is 1. The van der Waals surface area contributed by atoms with Crippen molar-refractivity contribution in [3.8, 4) is 17.0 Å². The highest BCUT2D eigenvalue weighted by atomic mass is 31.0. The molecule has 0 radical (unpaired) electrons. The largest absolute Gasteiger partial charge is 0.489 e. The van der Waals surface area contributed by atoms with Gasteiger partial charge < -0.3 is 4.74 Å². The van der Waals surface area contributed by atoms with Gasteiger partial charge in [0.15, 0.2) is 5.78 Å². The van der Waals surface area contributed by atoms with Crippen LogP contribution in [0.4, 0.5) is 0 Å². The van der Waals surface area contributed by atoms with Crippen molar-refractivity contribution in [1.29, 1.82) is 0 Å². The Balaban J connectivity index is 1.76. The SMILES string of the molecule is CC(=O)c1ccc(OCc2ccnc(-c3ccc(C(=O)NN)c(C)c3)c2)cc1P. The Morgan fingerprint density at radius 2 is 1.86 bits per heavy atom. The van der Waals surface area contributed by atoms with Gasteiger partial charge in [0.1, 0.15) is 12.4 Å². The zero-order chi connectivity index (χ0) is 21.0. The Morgan fingerprint density at radius 3 is 2.52 bits per heavy atom. The van der Waals surface area contributed by atoms with Gasteiger partial charge in [-0.1, -0.05) is 6.07 Å². The molecule has 0 bridgehead atoms. The second-order valence-corrected chi connectivity index (χ2v) is 7.27. The van der Waals surface area contributed by atoms with E-state index >= 15 is 0 Å². The standard InChI is InChI=1S/C22H22N3O3P/c1-13-9-16(3-5-18(13)22(27)25-23)20-10-15(7-8-24-20)12-28-17-4-6-19(14(2)26)21(29)11-17/h3-11H,12,23,29H2,1-2H3,(H,25,27). The first-order chi connectivity index (χ1) is 13.9. The molecule has 148 valence electrons. The first-order valence-electron chi connectivity index (χ1n) is 8.99. The van der Waals surface area contributed by atoms with Gasteiger partial charge in [-0.2, -0.15) is 0 Å². The van der Waals surface area contributed by atoms with E-state index in [1.807, 2.05) is 37.3 Å². The number of ether oxygens (including phenoxy) is 1. The van der Waals surface area contributed by atoms with Crippen molar-refractivity contribution in [1.82, 2.24) is 10.4 Å². The van der Waals surface area contributed by atoms with E-state index < -0.39 is 0 Å². The van der Waals surface area contributed by atoms with Gasteiger partial charge in [-0.05, 0) is 72.7 Å². The van der Waals surface area contributed by atoms with Crippen LogP contribution in [0.3, 0.4) is 0 Å². The van der Waals surface area contributed by atoms with E-state index in [-0.39, 0.29) is 11.7 Å². The minimum atomic E-state index is -0.326. The highest BCUT2D eigenvalue weighted by molar-refractivity contribution is 7.27. The third-order valence-electron chi connectivity index (χ3n) is 4.53. The number of carbonyl (C=O) groups is 2. The minimum absolute atomic E-state index is 0.0191. The van der Waals surface area contributed by atoms with Crippen molar-refractivity contribution < 1.29 is 14.3 Å². The number of nitrogens with zero attached hydrogens (tertiary/aromatic N) is 1. The molecule has 0 spiro atoms. The predicted octanol–water partition coefficient (Wildman–Crippen LogP) is 2.94. The molecule has 7 heteroatoms. The molecular weight excluding hydrogens is 385 g/mol. The lowest BCUT2D eigenvalue weighted by molar-refractivity contribution is 0.0952. The summed E-state index contributed by atoms with van der Waals surface area (Å²) in [5, 5.41) is 0.808. The molecule has 1 atom stereocenters. The van der Waals surface area contributed by atoms with Gasteiger partial charge >= 0.3 is 0 Å². The van der Waals surface area contributed by atoms with Crippen LogP contribution in [0.1, 0.15) is 38.8 Å². The summed E-state index contributed by atoms with van der Waals surface area (Å²) in [6.45, 7) is 3.76. The van der Waals surface area contributed by atoms with E-state index in [1.165, 1.54) is 0 Å². The highest BCUT2D eigenvalue weighted by Crippen LogP contribution is 2.22. The maximum absolute atomic E-state index is 11.7. The number of benzene rings is 2. The van der Waals surface area contributed by atoms with Crippen LogP contribution < -0.4 is 21.3 Å². The molecule has 1 aromatic heterocycles. The lowest BCUT2D eigenvalue weighted by atomic mass is 10.0. The Morgan fingerprint density at radius 1 is 1.10 bits per heavy atom. The molecule has 0 saturated carbocycles. The lowest BCUT2D eigenvalue weighted by Crippen LogP contribution is -2.30. The zero-order valence-corrected chi connectivity index (χ0v) is 17.4. The first kappa shape index (κ1) is 20.6. The molecule has 3 N–H and O–H groups in total. The van der Waals surface area contributed by atoms with E-state index in [0.717, 1.165) is 27.7 Å². The summed E-state index contributed by atoms with van der Waals surface area (Å²) < 4.78 is 5.87. The maximum Gasteiger partial charge on any atom is 0.265 e. The average molecular weight is 407 g/mol. The van der Waals surface area contributed by atoms with Crippen molar-refractivity contribution in [2.75, 3.05) is 0 Å². The van der Waals surface area contributed by atoms with E-state index in [1.54, 1.807) is 31.3 Å². The summed E-state index contributed by atoms with van der Waals surface area (Å²) in [4.78, 5) is 27.7. The van der Waals surface area contributed by atoms with Crippen LogP contribution in [0.2, 0.25) is 0 Å². The molecular formula is C22H22N3O3P. The Hall–Kier alpha value is -3.08. The number of ketones is 1. The number of hydrazine groups is 1. The molecule has 2 aromatic carbocycles. The quantitative estimate of drug-likeness (QED) is 0.215. The molecule has 3 aromatic rings. The Labute approximate surface area is 171 Å². The van der Waals surface area contributed by atoms with Gasteiger partial charge in [-0.25, -0.2) is 5.84 Å².